The van der Waals surface area contributed by atoms with Crippen molar-refractivity contribution in [1.29, 1.82) is 0 Å². The number of aromatic amines is 1. The fraction of sp³-hybridized carbons (Fsp3) is 0.429. The molecule has 1 atom stereocenters. The highest BCUT2D eigenvalue weighted by molar-refractivity contribution is 7.80. The van der Waals surface area contributed by atoms with Crippen molar-refractivity contribution in [3.63, 3.8) is 0 Å². The summed E-state index contributed by atoms with van der Waals surface area (Å²) in [7, 11) is 0. The highest BCUT2D eigenvalue weighted by Crippen LogP contribution is 2.04. The highest BCUT2D eigenvalue weighted by Gasteiger charge is 1.95. The molecule has 50 valence electrons. The molecule has 1 rings (SSSR count). The quantitative estimate of drug-likeness (QED) is 0.585. The second kappa shape index (κ2) is 2.97. The molecular formula is C7H11NS. The van der Waals surface area contributed by atoms with E-state index >= 15 is 0 Å². The van der Waals surface area contributed by atoms with Gasteiger partial charge in [-0.25, -0.2) is 0 Å². The number of hydrogen-bond acceptors (Lipinski definition) is 1. The van der Waals surface area contributed by atoms with Crippen LogP contribution in [0, 0.1) is 0 Å². The average molecular weight is 141 g/mol. The standard InChI is InChI=1S/C7H11NS/c1-6(9)4-7-2-3-8-5-7/h2-3,5-6,8-9H,4H2,1H3. The van der Waals surface area contributed by atoms with Crippen LogP contribution in [0.2, 0.25) is 0 Å². The van der Waals surface area contributed by atoms with E-state index in [4.69, 9.17) is 0 Å². The molecule has 1 N–H and O–H groups in total. The molecule has 0 spiro atoms. The third-order valence-electron chi connectivity index (χ3n) is 1.19. The first-order valence-corrected chi connectivity index (χ1v) is 3.60. The zero-order valence-corrected chi connectivity index (χ0v) is 6.36. The van der Waals surface area contributed by atoms with Crippen molar-refractivity contribution >= 4 is 12.6 Å². The molecule has 2 heteroatoms. The fourth-order valence-corrected chi connectivity index (χ4v) is 1.04. The minimum atomic E-state index is 0.459. The van der Waals surface area contributed by atoms with Gasteiger partial charge in [-0.2, -0.15) is 12.6 Å². The van der Waals surface area contributed by atoms with Crippen molar-refractivity contribution in [2.75, 3.05) is 0 Å². The minimum absolute atomic E-state index is 0.459. The lowest BCUT2D eigenvalue weighted by Crippen LogP contribution is -1.94. The molecule has 1 heterocycles. The predicted octanol–water partition coefficient (Wildman–Crippen LogP) is 1.88. The lowest BCUT2D eigenvalue weighted by molar-refractivity contribution is 0.952. The van der Waals surface area contributed by atoms with Gasteiger partial charge in [0.2, 0.25) is 0 Å². The van der Waals surface area contributed by atoms with Gasteiger partial charge in [0.15, 0.2) is 0 Å². The molecule has 0 amide bonds. The molecule has 1 nitrogen and oxygen atoms in total. The largest absolute Gasteiger partial charge is 0.367 e. The third kappa shape index (κ3) is 2.14. The van der Waals surface area contributed by atoms with Crippen molar-refractivity contribution in [2.45, 2.75) is 18.6 Å². The van der Waals surface area contributed by atoms with Crippen molar-refractivity contribution in [1.82, 2.24) is 4.98 Å². The summed E-state index contributed by atoms with van der Waals surface area (Å²) >= 11 is 4.27. The van der Waals surface area contributed by atoms with Crippen LogP contribution in [0.4, 0.5) is 0 Å². The van der Waals surface area contributed by atoms with Crippen molar-refractivity contribution in [3.8, 4) is 0 Å². The summed E-state index contributed by atoms with van der Waals surface area (Å²) in [6.07, 6.45) is 4.99. The number of nitrogens with one attached hydrogen (secondary N) is 1. The zero-order valence-electron chi connectivity index (χ0n) is 5.46. The molecule has 0 bridgehead atoms. The smallest absolute Gasteiger partial charge is 0.00377 e. The Morgan fingerprint density at radius 3 is 3.00 bits per heavy atom. The first-order valence-electron chi connectivity index (χ1n) is 3.09. The fourth-order valence-electron chi connectivity index (χ4n) is 0.826. The maximum absolute atomic E-state index is 4.27. The third-order valence-corrected chi connectivity index (χ3v) is 1.38. The molecule has 0 aromatic carbocycles. The number of aromatic nitrogens is 1. The Labute approximate surface area is 60.9 Å². The van der Waals surface area contributed by atoms with Gasteiger partial charge in [-0.3, -0.25) is 0 Å². The Morgan fingerprint density at radius 1 is 1.78 bits per heavy atom. The number of thiol groups is 1. The van der Waals surface area contributed by atoms with E-state index in [2.05, 4.69) is 30.6 Å². The van der Waals surface area contributed by atoms with Gasteiger partial charge in [-0.05, 0) is 18.1 Å². The van der Waals surface area contributed by atoms with E-state index in [1.807, 2.05) is 12.4 Å². The van der Waals surface area contributed by atoms with Crippen molar-refractivity contribution in [3.05, 3.63) is 24.0 Å². The Balaban J connectivity index is 2.48. The van der Waals surface area contributed by atoms with E-state index in [9.17, 15) is 0 Å². The van der Waals surface area contributed by atoms with E-state index in [1.165, 1.54) is 5.56 Å². The van der Waals surface area contributed by atoms with Crippen LogP contribution in [0.1, 0.15) is 12.5 Å². The molecule has 9 heavy (non-hydrogen) atoms. The van der Waals surface area contributed by atoms with Crippen molar-refractivity contribution in [2.24, 2.45) is 0 Å². The molecule has 0 saturated carbocycles. The molecule has 0 aliphatic carbocycles. The minimum Gasteiger partial charge on any atom is -0.367 e. The van der Waals surface area contributed by atoms with Crippen LogP contribution in [0.3, 0.4) is 0 Å². The van der Waals surface area contributed by atoms with Crippen LogP contribution >= 0.6 is 12.6 Å². The molecular weight excluding hydrogens is 130 g/mol. The maximum Gasteiger partial charge on any atom is 0.00377 e. The van der Waals surface area contributed by atoms with Crippen LogP contribution < -0.4 is 0 Å². The second-order valence-corrected chi connectivity index (χ2v) is 3.15. The average Bonchev–Trinajstić information content (AvgIpc) is 2.15. The normalized spacial score (nSPS) is 13.6. The second-order valence-electron chi connectivity index (χ2n) is 2.27. The van der Waals surface area contributed by atoms with E-state index in [1.54, 1.807) is 0 Å². The summed E-state index contributed by atoms with van der Waals surface area (Å²) < 4.78 is 0. The van der Waals surface area contributed by atoms with Crippen LogP contribution in [0.15, 0.2) is 18.5 Å². The van der Waals surface area contributed by atoms with Crippen molar-refractivity contribution < 1.29 is 0 Å². The van der Waals surface area contributed by atoms with E-state index in [0.717, 1.165) is 6.42 Å². The Morgan fingerprint density at radius 2 is 2.56 bits per heavy atom. The molecule has 1 aromatic heterocycles. The monoisotopic (exact) mass is 141 g/mol. The Hall–Kier alpha value is -0.370. The molecule has 1 aromatic rings. The Bertz CT molecular complexity index is 155. The summed E-state index contributed by atoms with van der Waals surface area (Å²) in [6, 6.07) is 2.08. The van der Waals surface area contributed by atoms with E-state index < -0.39 is 0 Å². The zero-order chi connectivity index (χ0) is 6.69. The summed E-state index contributed by atoms with van der Waals surface area (Å²) in [5.41, 5.74) is 1.33. The summed E-state index contributed by atoms with van der Waals surface area (Å²) in [5.74, 6) is 0. The first kappa shape index (κ1) is 6.75. The first-order chi connectivity index (χ1) is 4.29. The van der Waals surface area contributed by atoms with E-state index in [-0.39, 0.29) is 0 Å². The molecule has 1 unspecified atom stereocenters. The predicted molar refractivity (Wildman–Crippen MR) is 42.9 cm³/mol. The van der Waals surface area contributed by atoms with Crippen LogP contribution in [0.5, 0.6) is 0 Å². The summed E-state index contributed by atoms with van der Waals surface area (Å²) in [6.45, 7) is 2.09. The SMILES string of the molecule is CC(S)Cc1cc[nH]c1. The van der Waals surface area contributed by atoms with Crippen LogP contribution in [0.25, 0.3) is 0 Å². The molecule has 0 aliphatic rings. The van der Waals surface area contributed by atoms with Gasteiger partial charge in [0, 0.05) is 17.6 Å². The van der Waals surface area contributed by atoms with Crippen LogP contribution in [-0.2, 0) is 6.42 Å². The summed E-state index contributed by atoms with van der Waals surface area (Å²) in [5, 5.41) is 0.459. The maximum atomic E-state index is 4.27. The lowest BCUT2D eigenvalue weighted by Gasteiger charge is -1.98. The van der Waals surface area contributed by atoms with Gasteiger partial charge in [0.05, 0.1) is 0 Å². The number of rotatable bonds is 2. The topological polar surface area (TPSA) is 15.8 Å². The van der Waals surface area contributed by atoms with Gasteiger partial charge < -0.3 is 4.98 Å². The molecule has 0 aliphatic heterocycles. The molecule has 0 saturated heterocycles. The van der Waals surface area contributed by atoms with E-state index in [0.29, 0.717) is 5.25 Å². The highest BCUT2D eigenvalue weighted by atomic mass is 32.1. The number of hydrogen-bond donors (Lipinski definition) is 2. The van der Waals surface area contributed by atoms with Gasteiger partial charge >= 0.3 is 0 Å². The van der Waals surface area contributed by atoms with Gasteiger partial charge in [0.1, 0.15) is 0 Å². The lowest BCUT2D eigenvalue weighted by atomic mass is 10.2. The molecule has 0 fully saturated rings. The summed E-state index contributed by atoms with van der Waals surface area (Å²) in [4.78, 5) is 3.00. The molecule has 0 radical (unpaired) electrons. The Kier molecular flexibility index (Phi) is 2.22. The van der Waals surface area contributed by atoms with Gasteiger partial charge in [0.25, 0.3) is 0 Å². The van der Waals surface area contributed by atoms with Crippen LogP contribution in [-0.4, -0.2) is 10.2 Å². The van der Waals surface area contributed by atoms with Gasteiger partial charge in [-0.15, -0.1) is 0 Å². The van der Waals surface area contributed by atoms with Gasteiger partial charge in [-0.1, -0.05) is 6.92 Å². The number of H-pyrrole nitrogens is 1.